The van der Waals surface area contributed by atoms with Gasteiger partial charge in [0.15, 0.2) is 0 Å². The number of fused-ring (bicyclic) bond motifs is 1. The third-order valence-corrected chi connectivity index (χ3v) is 7.28. The molecule has 2 N–H and O–H groups in total. The van der Waals surface area contributed by atoms with E-state index in [0.717, 1.165) is 49.9 Å². The van der Waals surface area contributed by atoms with Crippen molar-refractivity contribution in [3.8, 4) is 6.07 Å². The minimum Gasteiger partial charge on any atom is -0.342 e. The van der Waals surface area contributed by atoms with Gasteiger partial charge in [-0.15, -0.1) is 0 Å². The number of rotatable bonds is 5. The number of aryl methyl sites for hydroxylation is 1. The van der Waals surface area contributed by atoms with Crippen molar-refractivity contribution in [2.75, 3.05) is 23.3 Å². The summed E-state index contributed by atoms with van der Waals surface area (Å²) in [6.07, 6.45) is 3.94. The molecule has 0 bridgehead atoms. The van der Waals surface area contributed by atoms with Crippen molar-refractivity contribution in [3.05, 3.63) is 87.2 Å². The van der Waals surface area contributed by atoms with Gasteiger partial charge in [0, 0.05) is 19.0 Å². The van der Waals surface area contributed by atoms with Crippen LogP contribution < -0.4 is 15.8 Å². The number of aromatic nitrogens is 2. The number of amides is 1. The van der Waals surface area contributed by atoms with Gasteiger partial charge in [0.2, 0.25) is 11.9 Å². The number of aromatic amines is 1. The van der Waals surface area contributed by atoms with Crippen LogP contribution in [0.2, 0.25) is 0 Å². The van der Waals surface area contributed by atoms with Crippen molar-refractivity contribution in [1.82, 2.24) is 9.97 Å². The van der Waals surface area contributed by atoms with Crippen molar-refractivity contribution in [2.45, 2.75) is 38.5 Å². The monoisotopic (exact) mass is 467 g/mol. The Kier molecular flexibility index (Phi) is 6.37. The first-order chi connectivity index (χ1) is 17.1. The molecule has 1 saturated heterocycles. The molecule has 2 aromatic carbocycles. The second-order valence-corrected chi connectivity index (χ2v) is 9.44. The molecule has 7 heteroatoms. The predicted molar refractivity (Wildman–Crippen MR) is 135 cm³/mol. The number of hydrogen-bond donors (Lipinski definition) is 2. The Bertz CT molecular complexity index is 1300. The molecule has 7 nitrogen and oxygen atoms in total. The third-order valence-electron chi connectivity index (χ3n) is 7.28. The van der Waals surface area contributed by atoms with Crippen LogP contribution in [0.1, 0.15) is 47.9 Å². The smallest absolute Gasteiger partial charge is 0.258 e. The lowest BCUT2D eigenvalue weighted by Crippen LogP contribution is -2.41. The maximum Gasteiger partial charge on any atom is 0.258 e. The lowest BCUT2D eigenvalue weighted by atomic mass is 9.79. The van der Waals surface area contributed by atoms with Gasteiger partial charge in [0.05, 0.1) is 11.6 Å². The van der Waals surface area contributed by atoms with Gasteiger partial charge in [0.25, 0.3) is 5.56 Å². The first kappa shape index (κ1) is 22.9. The van der Waals surface area contributed by atoms with E-state index in [0.29, 0.717) is 17.4 Å². The minimum absolute atomic E-state index is 0.260. The summed E-state index contributed by atoms with van der Waals surface area (Å²) in [4.78, 5) is 35.8. The number of carbonyl (C=O) groups excluding carboxylic acids is 1. The Labute approximate surface area is 204 Å². The molecule has 1 aromatic heterocycles. The summed E-state index contributed by atoms with van der Waals surface area (Å²) in [6.45, 7) is 3.64. The van der Waals surface area contributed by atoms with Gasteiger partial charge in [-0.05, 0) is 48.3 Å². The second-order valence-electron chi connectivity index (χ2n) is 9.44. The van der Waals surface area contributed by atoms with Gasteiger partial charge in [-0.3, -0.25) is 14.6 Å². The molecule has 5 rings (SSSR count). The van der Waals surface area contributed by atoms with Gasteiger partial charge in [0.1, 0.15) is 11.7 Å². The molecule has 1 amide bonds. The highest BCUT2D eigenvalue weighted by Crippen LogP contribution is 2.38. The molecule has 35 heavy (non-hydrogen) atoms. The average Bonchev–Trinajstić information content (AvgIpc) is 2.89. The van der Waals surface area contributed by atoms with Crippen molar-refractivity contribution in [3.63, 3.8) is 0 Å². The fraction of sp³-hybridized carbons (Fsp3) is 0.357. The highest BCUT2D eigenvalue weighted by atomic mass is 16.2. The first-order valence-electron chi connectivity index (χ1n) is 12.3. The predicted octanol–water partition coefficient (Wildman–Crippen LogP) is 4.02. The Morgan fingerprint density at radius 3 is 2.40 bits per heavy atom. The summed E-state index contributed by atoms with van der Waals surface area (Å²) in [5, 5.41) is 12.5. The number of carbonyl (C=O) groups is 1. The summed E-state index contributed by atoms with van der Waals surface area (Å²) in [5.41, 5.74) is 3.32. The van der Waals surface area contributed by atoms with Crippen LogP contribution in [0.4, 0.5) is 11.8 Å². The molecule has 3 aromatic rings. The van der Waals surface area contributed by atoms with Crippen LogP contribution >= 0.6 is 0 Å². The highest BCUT2D eigenvalue weighted by molar-refractivity contribution is 5.98. The van der Waals surface area contributed by atoms with E-state index in [4.69, 9.17) is 0 Å². The molecule has 0 spiro atoms. The van der Waals surface area contributed by atoms with Gasteiger partial charge in [-0.2, -0.15) is 10.2 Å². The number of benzene rings is 2. The van der Waals surface area contributed by atoms with Gasteiger partial charge in [-0.25, -0.2) is 0 Å². The van der Waals surface area contributed by atoms with E-state index in [2.05, 4.69) is 57.4 Å². The van der Waals surface area contributed by atoms with Crippen molar-refractivity contribution in [1.29, 1.82) is 5.26 Å². The largest absolute Gasteiger partial charge is 0.342 e. The molecular weight excluding hydrogens is 438 g/mol. The van der Waals surface area contributed by atoms with Gasteiger partial charge >= 0.3 is 0 Å². The normalized spacial score (nSPS) is 20.1. The Morgan fingerprint density at radius 1 is 1.03 bits per heavy atom. The van der Waals surface area contributed by atoms with Crippen molar-refractivity contribution in [2.24, 2.45) is 11.8 Å². The van der Waals surface area contributed by atoms with E-state index in [9.17, 15) is 14.9 Å². The number of piperidine rings is 1. The highest BCUT2D eigenvalue weighted by Gasteiger charge is 2.40. The molecule has 178 valence electrons. The van der Waals surface area contributed by atoms with Gasteiger partial charge < -0.3 is 10.2 Å². The molecule has 3 heterocycles. The van der Waals surface area contributed by atoms with Crippen LogP contribution in [0.15, 0.2) is 59.4 Å². The average molecular weight is 468 g/mol. The zero-order chi connectivity index (χ0) is 24.4. The molecule has 2 aliphatic rings. The third kappa shape index (κ3) is 4.57. The summed E-state index contributed by atoms with van der Waals surface area (Å²) >= 11 is 0. The molecule has 0 saturated carbocycles. The number of hydrogen-bond acceptors (Lipinski definition) is 5. The fourth-order valence-corrected chi connectivity index (χ4v) is 5.27. The maximum atomic E-state index is 13.3. The van der Waals surface area contributed by atoms with E-state index in [1.807, 2.05) is 30.3 Å². The van der Waals surface area contributed by atoms with Crippen molar-refractivity contribution < 1.29 is 4.79 Å². The molecule has 0 radical (unpaired) electrons. The molecule has 0 aliphatic carbocycles. The van der Waals surface area contributed by atoms with Crippen LogP contribution in [0.25, 0.3) is 0 Å². The van der Waals surface area contributed by atoms with Gasteiger partial charge in [-0.1, -0.05) is 61.5 Å². The van der Waals surface area contributed by atoms with E-state index < -0.39 is 17.7 Å². The van der Waals surface area contributed by atoms with Crippen LogP contribution in [0.5, 0.6) is 0 Å². The quantitative estimate of drug-likeness (QED) is 0.590. The minimum atomic E-state index is -0.988. The second kappa shape index (κ2) is 9.75. The molecule has 2 aliphatic heterocycles. The lowest BCUT2D eigenvalue weighted by molar-refractivity contribution is -0.119. The summed E-state index contributed by atoms with van der Waals surface area (Å²) in [6, 6.07) is 20.4. The lowest BCUT2D eigenvalue weighted by Gasteiger charge is -2.34. The fourth-order valence-electron chi connectivity index (χ4n) is 5.27. The molecule has 1 fully saturated rings. The zero-order valence-corrected chi connectivity index (χ0v) is 19.8. The van der Waals surface area contributed by atoms with Crippen LogP contribution in [-0.4, -0.2) is 29.0 Å². The topological polar surface area (TPSA) is 102 Å². The number of H-pyrrole nitrogens is 1. The first-order valence-corrected chi connectivity index (χ1v) is 12.3. The van der Waals surface area contributed by atoms with E-state index in [1.54, 1.807) is 0 Å². The zero-order valence-electron chi connectivity index (χ0n) is 19.8. The SMILES string of the molecule is CCc1ccc(C2c3c(nc(N4CCC(Cc5ccccc5)CC4)[nH]c3=O)NC(=O)C2C#N)cc1. The number of nitrogens with zero attached hydrogens (tertiary/aromatic N) is 3. The van der Waals surface area contributed by atoms with E-state index >= 15 is 0 Å². The molecule has 2 unspecified atom stereocenters. The van der Waals surface area contributed by atoms with Crippen LogP contribution in [-0.2, 0) is 17.6 Å². The molecule has 2 atom stereocenters. The maximum absolute atomic E-state index is 13.3. The number of anilines is 2. The standard InChI is InChI=1S/C28H29N5O2/c1-2-18-8-10-21(11-9-18)23-22(17-29)26(34)30-25-24(23)27(35)32-28(31-25)33-14-12-20(13-15-33)16-19-6-4-3-5-7-19/h3-11,20,22-23H,2,12-16H2,1H3,(H2,30,31,32,34,35). The Balaban J connectivity index is 1.40. The van der Waals surface area contributed by atoms with Crippen LogP contribution in [0, 0.1) is 23.2 Å². The summed E-state index contributed by atoms with van der Waals surface area (Å²) < 4.78 is 0. The van der Waals surface area contributed by atoms with E-state index in [-0.39, 0.29) is 11.4 Å². The Hall–Kier alpha value is -3.92. The summed E-state index contributed by atoms with van der Waals surface area (Å²) in [7, 11) is 0. The van der Waals surface area contributed by atoms with E-state index in [1.165, 1.54) is 5.56 Å². The number of nitrogens with one attached hydrogen (secondary N) is 2. The Morgan fingerprint density at radius 2 is 1.74 bits per heavy atom. The van der Waals surface area contributed by atoms with Crippen molar-refractivity contribution >= 4 is 17.7 Å². The molecular formula is C28H29N5O2. The number of nitriles is 1. The summed E-state index contributed by atoms with van der Waals surface area (Å²) in [5.74, 6) is -0.743. The van der Waals surface area contributed by atoms with Crippen LogP contribution in [0.3, 0.4) is 0 Å².